The topological polar surface area (TPSA) is 67.9 Å². The van der Waals surface area contributed by atoms with Crippen molar-refractivity contribution in [3.8, 4) is 11.5 Å². The van der Waals surface area contributed by atoms with Crippen molar-refractivity contribution in [1.29, 1.82) is 0 Å². The standard InChI is InChI=1S/C27H24N2O4/c1-15-5-7-21(18(4)10-15)24-25(28-19-6-8-22-23(13-19)33-14-32-22)27(31)29(26(24)30)20-11-16(2)9-17(3)12-20/h5-13,28H,14H2,1-4H3. The summed E-state index contributed by atoms with van der Waals surface area (Å²) in [6.07, 6.45) is 0. The van der Waals surface area contributed by atoms with Crippen molar-refractivity contribution < 1.29 is 19.1 Å². The lowest BCUT2D eigenvalue weighted by Crippen LogP contribution is -2.32. The molecule has 2 aliphatic heterocycles. The Morgan fingerprint density at radius 1 is 0.758 bits per heavy atom. The van der Waals surface area contributed by atoms with Crippen LogP contribution in [0.3, 0.4) is 0 Å². The van der Waals surface area contributed by atoms with Gasteiger partial charge in [0, 0.05) is 11.8 Å². The number of nitrogens with zero attached hydrogens (tertiary/aromatic N) is 1. The third-order valence-electron chi connectivity index (χ3n) is 5.84. The second-order valence-corrected chi connectivity index (χ2v) is 8.55. The highest BCUT2D eigenvalue weighted by molar-refractivity contribution is 6.46. The van der Waals surface area contributed by atoms with E-state index in [0.29, 0.717) is 28.4 Å². The fourth-order valence-corrected chi connectivity index (χ4v) is 4.42. The first-order valence-corrected chi connectivity index (χ1v) is 10.8. The summed E-state index contributed by atoms with van der Waals surface area (Å²) < 4.78 is 10.9. The number of ether oxygens (including phenoxy) is 2. The number of fused-ring (bicyclic) bond motifs is 1. The fraction of sp³-hybridized carbons (Fsp3) is 0.185. The Morgan fingerprint density at radius 3 is 2.21 bits per heavy atom. The SMILES string of the molecule is Cc1cc(C)cc(N2C(=O)C(Nc3ccc4c(c3)OCO4)=C(c3ccc(C)cc3C)C2=O)c1. The van der Waals surface area contributed by atoms with Crippen molar-refractivity contribution in [2.75, 3.05) is 17.0 Å². The predicted molar refractivity (Wildman–Crippen MR) is 127 cm³/mol. The first-order chi connectivity index (χ1) is 15.8. The zero-order valence-electron chi connectivity index (χ0n) is 19.0. The summed E-state index contributed by atoms with van der Waals surface area (Å²) in [7, 11) is 0. The molecule has 1 N–H and O–H groups in total. The van der Waals surface area contributed by atoms with Crippen LogP contribution in [0, 0.1) is 27.7 Å². The molecular weight excluding hydrogens is 416 g/mol. The maximum atomic E-state index is 13.7. The summed E-state index contributed by atoms with van der Waals surface area (Å²) in [5, 5.41) is 3.20. The highest BCUT2D eigenvalue weighted by Gasteiger charge is 2.41. The summed E-state index contributed by atoms with van der Waals surface area (Å²) >= 11 is 0. The molecule has 2 amide bonds. The molecule has 5 rings (SSSR count). The minimum absolute atomic E-state index is 0.160. The Morgan fingerprint density at radius 2 is 1.48 bits per heavy atom. The minimum atomic E-state index is -0.391. The van der Waals surface area contributed by atoms with Crippen LogP contribution in [-0.2, 0) is 9.59 Å². The maximum absolute atomic E-state index is 13.7. The zero-order valence-corrected chi connectivity index (χ0v) is 19.0. The third kappa shape index (κ3) is 3.63. The zero-order chi connectivity index (χ0) is 23.3. The number of nitrogens with one attached hydrogen (secondary N) is 1. The lowest BCUT2D eigenvalue weighted by Gasteiger charge is -2.17. The van der Waals surface area contributed by atoms with E-state index in [1.807, 2.05) is 64.1 Å². The number of rotatable bonds is 4. The molecule has 0 saturated carbocycles. The van der Waals surface area contributed by atoms with Crippen LogP contribution in [0.15, 0.2) is 60.3 Å². The number of amides is 2. The Balaban J connectivity index is 1.64. The molecule has 0 aliphatic carbocycles. The second kappa shape index (κ2) is 7.81. The van der Waals surface area contributed by atoms with Gasteiger partial charge >= 0.3 is 0 Å². The molecule has 0 aromatic heterocycles. The van der Waals surface area contributed by atoms with Crippen molar-refractivity contribution in [3.63, 3.8) is 0 Å². The number of aryl methyl sites for hydroxylation is 4. The van der Waals surface area contributed by atoms with E-state index in [1.54, 1.807) is 18.2 Å². The van der Waals surface area contributed by atoms with Gasteiger partial charge in [-0.15, -0.1) is 0 Å². The molecule has 6 heteroatoms. The van der Waals surface area contributed by atoms with Crippen LogP contribution in [0.2, 0.25) is 0 Å². The molecule has 0 radical (unpaired) electrons. The molecule has 0 fully saturated rings. The Labute approximate surface area is 192 Å². The van der Waals surface area contributed by atoms with Crippen molar-refractivity contribution >= 4 is 28.8 Å². The van der Waals surface area contributed by atoms with Gasteiger partial charge in [0.25, 0.3) is 11.8 Å². The van der Waals surface area contributed by atoms with Crippen LogP contribution in [0.4, 0.5) is 11.4 Å². The van der Waals surface area contributed by atoms with Crippen molar-refractivity contribution in [1.82, 2.24) is 0 Å². The maximum Gasteiger partial charge on any atom is 0.282 e. The van der Waals surface area contributed by atoms with E-state index in [-0.39, 0.29) is 18.4 Å². The van der Waals surface area contributed by atoms with Crippen LogP contribution in [0.1, 0.15) is 27.8 Å². The summed E-state index contributed by atoms with van der Waals surface area (Å²) in [6, 6.07) is 16.9. The van der Waals surface area contributed by atoms with E-state index >= 15 is 0 Å². The van der Waals surface area contributed by atoms with Gasteiger partial charge in [0.05, 0.1) is 11.3 Å². The number of hydrogen-bond donors (Lipinski definition) is 1. The molecule has 166 valence electrons. The summed E-state index contributed by atoms with van der Waals surface area (Å²) in [5.74, 6) is 0.504. The molecule has 0 spiro atoms. The van der Waals surface area contributed by atoms with Gasteiger partial charge in [0.15, 0.2) is 11.5 Å². The molecule has 6 nitrogen and oxygen atoms in total. The summed E-state index contributed by atoms with van der Waals surface area (Å²) in [4.78, 5) is 28.6. The van der Waals surface area contributed by atoms with Crippen molar-refractivity contribution in [2.45, 2.75) is 27.7 Å². The van der Waals surface area contributed by atoms with Crippen LogP contribution >= 0.6 is 0 Å². The third-order valence-corrected chi connectivity index (χ3v) is 5.84. The van der Waals surface area contributed by atoms with Gasteiger partial charge < -0.3 is 14.8 Å². The Kier molecular flexibility index (Phi) is 4.93. The van der Waals surface area contributed by atoms with Crippen LogP contribution in [-0.4, -0.2) is 18.6 Å². The van der Waals surface area contributed by atoms with E-state index in [0.717, 1.165) is 27.8 Å². The fourth-order valence-electron chi connectivity index (χ4n) is 4.42. The summed E-state index contributed by atoms with van der Waals surface area (Å²) in [5.41, 5.74) is 6.51. The number of imide groups is 1. The lowest BCUT2D eigenvalue weighted by molar-refractivity contribution is -0.120. The molecule has 2 heterocycles. The monoisotopic (exact) mass is 440 g/mol. The first kappa shape index (κ1) is 20.8. The number of anilines is 2. The molecule has 33 heavy (non-hydrogen) atoms. The first-order valence-electron chi connectivity index (χ1n) is 10.8. The molecule has 2 aliphatic rings. The predicted octanol–water partition coefficient (Wildman–Crippen LogP) is 5.05. The number of carbonyl (C=O) groups excluding carboxylic acids is 2. The average molecular weight is 440 g/mol. The van der Waals surface area contributed by atoms with Gasteiger partial charge in [-0.25, -0.2) is 4.90 Å². The van der Waals surface area contributed by atoms with Gasteiger partial charge in [0.1, 0.15) is 5.70 Å². The van der Waals surface area contributed by atoms with Gasteiger partial charge in [-0.1, -0.05) is 29.8 Å². The van der Waals surface area contributed by atoms with Crippen LogP contribution in [0.5, 0.6) is 11.5 Å². The largest absolute Gasteiger partial charge is 0.454 e. The number of hydrogen-bond acceptors (Lipinski definition) is 5. The van der Waals surface area contributed by atoms with E-state index in [9.17, 15) is 9.59 Å². The van der Waals surface area contributed by atoms with E-state index in [4.69, 9.17) is 9.47 Å². The average Bonchev–Trinajstić information content (AvgIpc) is 3.30. The van der Waals surface area contributed by atoms with Gasteiger partial charge in [-0.05, 0) is 74.2 Å². The van der Waals surface area contributed by atoms with Crippen LogP contribution in [0.25, 0.3) is 5.57 Å². The molecule has 3 aromatic rings. The molecule has 3 aromatic carbocycles. The molecule has 0 bridgehead atoms. The van der Waals surface area contributed by atoms with Crippen molar-refractivity contribution in [3.05, 3.63) is 88.1 Å². The quantitative estimate of drug-likeness (QED) is 0.576. The van der Waals surface area contributed by atoms with Gasteiger partial charge in [-0.3, -0.25) is 9.59 Å². The Bertz CT molecular complexity index is 1340. The molecule has 0 saturated heterocycles. The van der Waals surface area contributed by atoms with E-state index in [1.165, 1.54) is 4.90 Å². The second-order valence-electron chi connectivity index (χ2n) is 8.55. The highest BCUT2D eigenvalue weighted by atomic mass is 16.7. The van der Waals surface area contributed by atoms with Gasteiger partial charge in [0.2, 0.25) is 6.79 Å². The van der Waals surface area contributed by atoms with Crippen molar-refractivity contribution in [2.24, 2.45) is 0 Å². The van der Waals surface area contributed by atoms with Gasteiger partial charge in [-0.2, -0.15) is 0 Å². The van der Waals surface area contributed by atoms with E-state index < -0.39 is 5.91 Å². The highest BCUT2D eigenvalue weighted by Crippen LogP contribution is 2.38. The smallest absolute Gasteiger partial charge is 0.282 e. The number of carbonyl (C=O) groups is 2. The molecular formula is C27H24N2O4. The Hall–Kier alpha value is -4.06. The minimum Gasteiger partial charge on any atom is -0.454 e. The van der Waals surface area contributed by atoms with Crippen LogP contribution < -0.4 is 19.7 Å². The number of benzene rings is 3. The molecule has 0 atom stereocenters. The van der Waals surface area contributed by atoms with E-state index in [2.05, 4.69) is 5.32 Å². The molecule has 0 unspecified atom stereocenters. The summed E-state index contributed by atoms with van der Waals surface area (Å²) in [6.45, 7) is 8.01. The normalized spacial score (nSPS) is 15.0. The lowest BCUT2D eigenvalue weighted by atomic mass is 9.97.